The highest BCUT2D eigenvalue weighted by molar-refractivity contribution is 6.32. The number of nitrogens with zero attached hydrogens (tertiary/aromatic N) is 2. The van der Waals surface area contributed by atoms with Crippen LogP contribution in [0.1, 0.15) is 24.5 Å². The number of fused-ring (bicyclic) bond motifs is 1. The molecule has 1 aromatic heterocycles. The van der Waals surface area contributed by atoms with Gasteiger partial charge in [0.1, 0.15) is 29.5 Å². The van der Waals surface area contributed by atoms with Crippen molar-refractivity contribution in [1.82, 2.24) is 20.6 Å². The molecule has 4 rings (SSSR count). The van der Waals surface area contributed by atoms with Gasteiger partial charge < -0.3 is 31.1 Å². The third-order valence-corrected chi connectivity index (χ3v) is 6.09. The van der Waals surface area contributed by atoms with Crippen LogP contribution in [-0.2, 0) is 20.6 Å². The van der Waals surface area contributed by atoms with Crippen LogP contribution in [0.2, 0.25) is 5.02 Å². The van der Waals surface area contributed by atoms with Crippen LogP contribution in [0.3, 0.4) is 0 Å². The Bertz CT molecular complexity index is 1620. The number of carboxylic acids is 1. The molecular formula is C28H25ClF6N6O5. The van der Waals surface area contributed by atoms with Crippen LogP contribution in [0.15, 0.2) is 54.4 Å². The molecular weight excluding hydrogens is 650 g/mol. The van der Waals surface area contributed by atoms with Crippen LogP contribution in [-0.4, -0.2) is 58.7 Å². The standard InChI is InChI=1S/C26H24ClF3N6O3.C2HF3O2/c1-15(37)31-9-10-33-25(38)16-7-8-32-23-20(11-16)24(35-14-34-23)36-18-5-6-22(21(27)13-18)39-19-4-2-3-17(12-19)26(28,29)30;3-2(4,5)1(6)7/h2-6,11-14H,7-10H2,1H3,(H,31,37)(H,33,38)(H2,32,34,35,36);(H,6,7). The molecule has 2 amide bonds. The van der Waals surface area contributed by atoms with Gasteiger partial charge in [0.15, 0.2) is 0 Å². The van der Waals surface area contributed by atoms with E-state index in [-0.39, 0.29) is 34.9 Å². The number of aliphatic carboxylic acids is 1. The fourth-order valence-electron chi connectivity index (χ4n) is 3.70. The fourth-order valence-corrected chi connectivity index (χ4v) is 3.92. The number of carbonyl (C=O) groups excluding carboxylic acids is 2. The molecule has 46 heavy (non-hydrogen) atoms. The van der Waals surface area contributed by atoms with Gasteiger partial charge in [0.2, 0.25) is 11.8 Å². The second-order valence-electron chi connectivity index (χ2n) is 9.27. The Balaban J connectivity index is 0.000000738. The first kappa shape index (κ1) is 35.4. The SMILES string of the molecule is CC(=O)NCCNC(=O)C1=Cc2c(ncnc2Nc2ccc(Oc3cccc(C(F)(F)F)c3)c(Cl)c2)NCC1.O=C(O)C(F)(F)F. The number of alkyl halides is 6. The van der Waals surface area contributed by atoms with E-state index in [0.717, 1.165) is 12.1 Å². The zero-order valence-electron chi connectivity index (χ0n) is 23.6. The average Bonchev–Trinajstić information content (AvgIpc) is 3.20. The molecule has 0 spiro atoms. The quantitative estimate of drug-likeness (QED) is 0.148. The van der Waals surface area contributed by atoms with Gasteiger partial charge in [-0.2, -0.15) is 26.3 Å². The van der Waals surface area contributed by atoms with Crippen molar-refractivity contribution >= 4 is 52.8 Å². The molecule has 2 heterocycles. The van der Waals surface area contributed by atoms with Gasteiger partial charge in [0, 0.05) is 37.8 Å². The molecule has 3 aromatic rings. The Morgan fingerprint density at radius 1 is 1.02 bits per heavy atom. The smallest absolute Gasteiger partial charge is 0.475 e. The van der Waals surface area contributed by atoms with Crippen LogP contribution in [0.5, 0.6) is 11.5 Å². The summed E-state index contributed by atoms with van der Waals surface area (Å²) >= 11 is 6.37. The topological polar surface area (TPSA) is 155 Å². The van der Waals surface area contributed by atoms with E-state index in [1.807, 2.05) is 0 Å². The molecule has 1 aliphatic rings. The highest BCUT2D eigenvalue weighted by Gasteiger charge is 2.38. The summed E-state index contributed by atoms with van der Waals surface area (Å²) in [5, 5.41) is 19.0. The molecule has 0 atom stereocenters. The molecule has 0 bridgehead atoms. The van der Waals surface area contributed by atoms with Gasteiger partial charge in [-0.15, -0.1) is 0 Å². The number of amides is 2. The lowest BCUT2D eigenvalue weighted by molar-refractivity contribution is -0.192. The summed E-state index contributed by atoms with van der Waals surface area (Å²) < 4.78 is 76.3. The first-order chi connectivity index (χ1) is 21.5. The van der Waals surface area contributed by atoms with Crippen LogP contribution < -0.4 is 26.0 Å². The molecule has 2 aromatic carbocycles. The highest BCUT2D eigenvalue weighted by Crippen LogP contribution is 2.36. The summed E-state index contributed by atoms with van der Waals surface area (Å²) in [4.78, 5) is 41.2. The summed E-state index contributed by atoms with van der Waals surface area (Å²) in [6, 6.07) is 9.20. The van der Waals surface area contributed by atoms with Crippen LogP contribution in [0.4, 0.5) is 43.7 Å². The summed E-state index contributed by atoms with van der Waals surface area (Å²) in [5.41, 5.74) is 0.754. The number of rotatable bonds is 8. The average molecular weight is 675 g/mol. The summed E-state index contributed by atoms with van der Waals surface area (Å²) in [6.07, 6.45) is -6.08. The lowest BCUT2D eigenvalue weighted by Gasteiger charge is -2.14. The Morgan fingerprint density at radius 3 is 2.35 bits per heavy atom. The van der Waals surface area contributed by atoms with Gasteiger partial charge in [-0.05, 0) is 48.9 Å². The molecule has 0 radical (unpaired) electrons. The molecule has 0 fully saturated rings. The molecule has 5 N–H and O–H groups in total. The largest absolute Gasteiger partial charge is 0.490 e. The van der Waals surface area contributed by atoms with E-state index >= 15 is 0 Å². The number of benzene rings is 2. The number of hydrogen-bond acceptors (Lipinski definition) is 8. The van der Waals surface area contributed by atoms with E-state index in [2.05, 4.69) is 31.2 Å². The molecule has 0 saturated carbocycles. The number of hydrogen-bond donors (Lipinski definition) is 5. The van der Waals surface area contributed by atoms with Gasteiger partial charge in [-0.1, -0.05) is 17.7 Å². The van der Waals surface area contributed by atoms with Crippen molar-refractivity contribution in [1.29, 1.82) is 0 Å². The number of ether oxygens (including phenoxy) is 1. The van der Waals surface area contributed by atoms with Crippen molar-refractivity contribution in [3.63, 3.8) is 0 Å². The lowest BCUT2D eigenvalue weighted by atomic mass is 10.1. The van der Waals surface area contributed by atoms with Crippen LogP contribution in [0, 0.1) is 0 Å². The molecule has 246 valence electrons. The molecule has 0 unspecified atom stereocenters. The van der Waals surface area contributed by atoms with Gasteiger partial charge in [-0.25, -0.2) is 14.8 Å². The summed E-state index contributed by atoms with van der Waals surface area (Å²) in [5.74, 6) is -2.11. The number of nitrogens with one attached hydrogen (secondary N) is 4. The van der Waals surface area contributed by atoms with E-state index in [4.69, 9.17) is 26.2 Å². The first-order valence-corrected chi connectivity index (χ1v) is 13.5. The lowest BCUT2D eigenvalue weighted by Crippen LogP contribution is -2.34. The number of carbonyl (C=O) groups is 3. The summed E-state index contributed by atoms with van der Waals surface area (Å²) in [7, 11) is 0. The Labute approximate surface area is 262 Å². The maximum atomic E-state index is 13.0. The third-order valence-electron chi connectivity index (χ3n) is 5.79. The Kier molecular flexibility index (Phi) is 11.8. The van der Waals surface area contributed by atoms with Crippen molar-refractivity contribution in [2.45, 2.75) is 25.7 Å². The summed E-state index contributed by atoms with van der Waals surface area (Å²) in [6.45, 7) is 2.46. The monoisotopic (exact) mass is 674 g/mol. The minimum Gasteiger partial charge on any atom is -0.475 e. The van der Waals surface area contributed by atoms with Crippen molar-refractivity contribution in [3.8, 4) is 11.5 Å². The Hall–Kier alpha value is -5.06. The van der Waals surface area contributed by atoms with Crippen molar-refractivity contribution < 1.29 is 50.6 Å². The highest BCUT2D eigenvalue weighted by atomic mass is 35.5. The normalized spacial score (nSPS) is 12.6. The molecule has 0 aliphatic carbocycles. The first-order valence-electron chi connectivity index (χ1n) is 13.1. The Morgan fingerprint density at radius 2 is 1.72 bits per heavy atom. The van der Waals surface area contributed by atoms with Crippen LogP contribution in [0.25, 0.3) is 6.08 Å². The van der Waals surface area contributed by atoms with Crippen molar-refractivity contribution in [3.05, 3.63) is 70.5 Å². The number of halogens is 7. The third kappa shape index (κ3) is 10.5. The number of carboxylic acid groups (broad SMARTS) is 1. The van der Waals surface area contributed by atoms with Gasteiger partial charge in [0.05, 0.1) is 16.1 Å². The minimum absolute atomic E-state index is 0.00681. The van der Waals surface area contributed by atoms with Crippen molar-refractivity contribution in [2.24, 2.45) is 0 Å². The van der Waals surface area contributed by atoms with E-state index in [1.54, 1.807) is 18.2 Å². The maximum absolute atomic E-state index is 13.0. The predicted octanol–water partition coefficient (Wildman–Crippen LogP) is 5.77. The fraction of sp³-hybridized carbons (Fsp3) is 0.250. The van der Waals surface area contributed by atoms with Crippen LogP contribution >= 0.6 is 11.6 Å². The van der Waals surface area contributed by atoms with E-state index in [0.29, 0.717) is 48.0 Å². The number of anilines is 3. The molecule has 1 aliphatic heterocycles. The van der Waals surface area contributed by atoms with E-state index in [1.165, 1.54) is 31.5 Å². The zero-order chi connectivity index (χ0) is 34.1. The maximum Gasteiger partial charge on any atom is 0.490 e. The molecule has 18 heteroatoms. The molecule has 11 nitrogen and oxygen atoms in total. The van der Waals surface area contributed by atoms with Gasteiger partial charge in [-0.3, -0.25) is 9.59 Å². The van der Waals surface area contributed by atoms with Crippen molar-refractivity contribution in [2.75, 3.05) is 30.3 Å². The molecule has 0 saturated heterocycles. The number of aromatic nitrogens is 2. The second-order valence-corrected chi connectivity index (χ2v) is 9.68. The van der Waals surface area contributed by atoms with E-state index < -0.39 is 23.9 Å². The van der Waals surface area contributed by atoms with Gasteiger partial charge in [0.25, 0.3) is 0 Å². The zero-order valence-corrected chi connectivity index (χ0v) is 24.4. The predicted molar refractivity (Wildman–Crippen MR) is 155 cm³/mol. The van der Waals surface area contributed by atoms with E-state index in [9.17, 15) is 35.9 Å². The minimum atomic E-state index is -5.08. The second kappa shape index (κ2) is 15.3. The van der Waals surface area contributed by atoms with Gasteiger partial charge >= 0.3 is 18.3 Å².